The summed E-state index contributed by atoms with van der Waals surface area (Å²) in [5, 5.41) is 2.16. The molecule has 122 valence electrons. The average molecular weight is 321 g/mol. The topological polar surface area (TPSA) is 57.6 Å². The predicted molar refractivity (Wildman–Crippen MR) is 96.8 cm³/mol. The Bertz CT molecular complexity index is 1010. The molecule has 4 heteroatoms. The molecule has 0 saturated carbocycles. The molecule has 0 bridgehead atoms. The number of nitrogens with one attached hydrogen (secondary N) is 2. The van der Waals surface area contributed by atoms with E-state index in [9.17, 15) is 4.39 Å². The summed E-state index contributed by atoms with van der Waals surface area (Å²) in [6.45, 7) is 2.61. The Kier molecular flexibility index (Phi) is 3.62. The van der Waals surface area contributed by atoms with Crippen molar-refractivity contribution in [2.24, 2.45) is 5.73 Å². The molecule has 0 saturated heterocycles. The highest BCUT2D eigenvalue weighted by Gasteiger charge is 2.19. The van der Waals surface area contributed by atoms with Gasteiger partial charge in [0.1, 0.15) is 5.82 Å². The first-order valence-electron chi connectivity index (χ1n) is 8.20. The molecule has 0 amide bonds. The van der Waals surface area contributed by atoms with Crippen LogP contribution in [-0.4, -0.2) is 16.5 Å². The van der Waals surface area contributed by atoms with Gasteiger partial charge in [0.15, 0.2) is 0 Å². The monoisotopic (exact) mass is 321 g/mol. The molecule has 2 aromatic heterocycles. The van der Waals surface area contributed by atoms with E-state index in [2.05, 4.69) is 35.1 Å². The Morgan fingerprint density at radius 1 is 1.08 bits per heavy atom. The van der Waals surface area contributed by atoms with Crippen LogP contribution in [0, 0.1) is 12.7 Å². The summed E-state index contributed by atoms with van der Waals surface area (Å²) in [6.07, 6.45) is 2.79. The second kappa shape index (κ2) is 5.80. The lowest BCUT2D eigenvalue weighted by Crippen LogP contribution is -2.15. The predicted octanol–water partition coefficient (Wildman–Crippen LogP) is 4.38. The minimum Gasteiger partial charge on any atom is -0.361 e. The quantitative estimate of drug-likeness (QED) is 0.513. The lowest BCUT2D eigenvalue weighted by atomic mass is 9.90. The van der Waals surface area contributed by atoms with Gasteiger partial charge in [-0.05, 0) is 55.3 Å². The van der Waals surface area contributed by atoms with Crippen molar-refractivity contribution in [2.45, 2.75) is 19.3 Å². The van der Waals surface area contributed by atoms with Gasteiger partial charge in [0.2, 0.25) is 0 Å². The van der Waals surface area contributed by atoms with E-state index in [-0.39, 0.29) is 11.7 Å². The van der Waals surface area contributed by atoms with Crippen LogP contribution in [-0.2, 0) is 6.42 Å². The molecular weight excluding hydrogens is 301 g/mol. The number of H-pyrrole nitrogens is 2. The second-order valence-electron chi connectivity index (χ2n) is 6.34. The van der Waals surface area contributed by atoms with Gasteiger partial charge < -0.3 is 15.7 Å². The summed E-state index contributed by atoms with van der Waals surface area (Å²) in [7, 11) is 0. The van der Waals surface area contributed by atoms with Crippen LogP contribution < -0.4 is 5.73 Å². The normalized spacial score (nSPS) is 13.0. The molecule has 1 unspecified atom stereocenters. The molecular formula is C20H20FN3. The SMILES string of the molecule is Cc1[nH]c2ccccc2c1CC(CN)c1c[nH]c2ccc(F)cc12. The minimum atomic E-state index is -0.220. The molecule has 24 heavy (non-hydrogen) atoms. The lowest BCUT2D eigenvalue weighted by Gasteiger charge is -2.15. The van der Waals surface area contributed by atoms with Gasteiger partial charge in [-0.1, -0.05) is 18.2 Å². The summed E-state index contributed by atoms with van der Waals surface area (Å²) in [5.74, 6) is -0.0825. The maximum Gasteiger partial charge on any atom is 0.123 e. The highest BCUT2D eigenvalue weighted by atomic mass is 19.1. The summed E-state index contributed by atoms with van der Waals surface area (Å²) < 4.78 is 13.7. The average Bonchev–Trinajstić information content (AvgIpc) is 3.13. The molecule has 3 nitrogen and oxygen atoms in total. The molecule has 4 N–H and O–H groups in total. The van der Waals surface area contributed by atoms with E-state index < -0.39 is 0 Å². The molecule has 0 aliphatic heterocycles. The number of halogens is 1. The first-order valence-corrected chi connectivity index (χ1v) is 8.20. The Morgan fingerprint density at radius 2 is 1.92 bits per heavy atom. The molecule has 4 rings (SSSR count). The molecule has 0 aliphatic carbocycles. The van der Waals surface area contributed by atoms with E-state index in [4.69, 9.17) is 5.73 Å². The Morgan fingerprint density at radius 3 is 2.75 bits per heavy atom. The molecule has 0 radical (unpaired) electrons. The highest BCUT2D eigenvalue weighted by molar-refractivity contribution is 5.86. The molecule has 0 fully saturated rings. The first-order chi connectivity index (χ1) is 11.7. The van der Waals surface area contributed by atoms with Crippen molar-refractivity contribution >= 4 is 21.8 Å². The second-order valence-corrected chi connectivity index (χ2v) is 6.34. The van der Waals surface area contributed by atoms with Crippen LogP contribution in [0.1, 0.15) is 22.7 Å². The van der Waals surface area contributed by atoms with Crippen LogP contribution in [0.25, 0.3) is 21.8 Å². The first kappa shape index (κ1) is 15.0. The van der Waals surface area contributed by atoms with Gasteiger partial charge in [-0.3, -0.25) is 0 Å². The number of aryl methyl sites for hydroxylation is 1. The molecule has 0 aliphatic rings. The number of hydrogen-bond donors (Lipinski definition) is 3. The van der Waals surface area contributed by atoms with E-state index in [1.165, 1.54) is 22.7 Å². The Labute approximate surface area is 139 Å². The fourth-order valence-corrected chi connectivity index (χ4v) is 3.62. The van der Waals surface area contributed by atoms with Gasteiger partial charge in [-0.15, -0.1) is 0 Å². The van der Waals surface area contributed by atoms with Crippen LogP contribution in [0.5, 0.6) is 0 Å². The van der Waals surface area contributed by atoms with Crippen molar-refractivity contribution in [3.05, 3.63) is 71.3 Å². The van der Waals surface area contributed by atoms with Crippen molar-refractivity contribution in [3.8, 4) is 0 Å². The van der Waals surface area contributed by atoms with Crippen LogP contribution in [0.4, 0.5) is 4.39 Å². The molecule has 4 aromatic rings. The summed E-state index contributed by atoms with van der Waals surface area (Å²) in [6, 6.07) is 13.2. The number of nitrogens with two attached hydrogens (primary N) is 1. The number of fused-ring (bicyclic) bond motifs is 2. The maximum atomic E-state index is 13.7. The van der Waals surface area contributed by atoms with Gasteiger partial charge in [-0.25, -0.2) is 4.39 Å². The smallest absolute Gasteiger partial charge is 0.123 e. The van der Waals surface area contributed by atoms with Crippen molar-refractivity contribution in [1.82, 2.24) is 9.97 Å². The third-order valence-electron chi connectivity index (χ3n) is 4.88. The minimum absolute atomic E-state index is 0.137. The number of para-hydroxylation sites is 1. The van der Waals surface area contributed by atoms with E-state index in [1.807, 2.05) is 12.3 Å². The Balaban J connectivity index is 1.78. The van der Waals surface area contributed by atoms with Crippen LogP contribution in [0.3, 0.4) is 0 Å². The van der Waals surface area contributed by atoms with Crippen molar-refractivity contribution in [1.29, 1.82) is 0 Å². The number of rotatable bonds is 4. The molecule has 1 atom stereocenters. The maximum absolute atomic E-state index is 13.7. The fraction of sp³-hybridized carbons (Fsp3) is 0.200. The molecule has 0 spiro atoms. The van der Waals surface area contributed by atoms with Crippen LogP contribution in [0.15, 0.2) is 48.7 Å². The lowest BCUT2D eigenvalue weighted by molar-refractivity contribution is 0.629. The fourth-order valence-electron chi connectivity index (χ4n) is 3.62. The van der Waals surface area contributed by atoms with E-state index >= 15 is 0 Å². The summed E-state index contributed by atoms with van der Waals surface area (Å²) in [4.78, 5) is 6.67. The third kappa shape index (κ3) is 2.39. The standard InChI is InChI=1S/C20H20FN3/c1-12-16(15-4-2-3-5-20(15)24-12)8-13(10-22)18-11-23-19-7-6-14(21)9-17(18)19/h2-7,9,11,13,23-24H,8,10,22H2,1H3. The highest BCUT2D eigenvalue weighted by Crippen LogP contribution is 2.32. The van der Waals surface area contributed by atoms with Crippen LogP contribution >= 0.6 is 0 Å². The zero-order valence-corrected chi connectivity index (χ0v) is 13.6. The van der Waals surface area contributed by atoms with E-state index in [1.54, 1.807) is 12.1 Å². The van der Waals surface area contributed by atoms with Gasteiger partial charge in [0.25, 0.3) is 0 Å². The number of benzene rings is 2. The van der Waals surface area contributed by atoms with Gasteiger partial charge in [0, 0.05) is 39.6 Å². The Hall–Kier alpha value is -2.59. The molecule has 2 aromatic carbocycles. The van der Waals surface area contributed by atoms with E-state index in [0.29, 0.717) is 6.54 Å². The zero-order valence-electron chi connectivity index (χ0n) is 13.6. The number of aromatic amines is 2. The van der Waals surface area contributed by atoms with Crippen molar-refractivity contribution in [3.63, 3.8) is 0 Å². The van der Waals surface area contributed by atoms with Crippen molar-refractivity contribution in [2.75, 3.05) is 6.54 Å². The molecule has 2 heterocycles. The number of hydrogen-bond acceptors (Lipinski definition) is 1. The summed E-state index contributed by atoms with van der Waals surface area (Å²) in [5.41, 5.74) is 11.7. The largest absolute Gasteiger partial charge is 0.361 e. The third-order valence-corrected chi connectivity index (χ3v) is 4.88. The number of aromatic nitrogens is 2. The van der Waals surface area contributed by atoms with Crippen molar-refractivity contribution < 1.29 is 4.39 Å². The van der Waals surface area contributed by atoms with E-state index in [0.717, 1.165) is 28.4 Å². The van der Waals surface area contributed by atoms with Gasteiger partial charge >= 0.3 is 0 Å². The van der Waals surface area contributed by atoms with Gasteiger partial charge in [0.05, 0.1) is 0 Å². The zero-order chi connectivity index (χ0) is 16.7. The van der Waals surface area contributed by atoms with Gasteiger partial charge in [-0.2, -0.15) is 0 Å². The van der Waals surface area contributed by atoms with Crippen LogP contribution in [0.2, 0.25) is 0 Å². The summed E-state index contributed by atoms with van der Waals surface area (Å²) >= 11 is 0.